The third-order valence-electron chi connectivity index (χ3n) is 3.81. The summed E-state index contributed by atoms with van der Waals surface area (Å²) < 4.78 is 27.2. The van der Waals surface area contributed by atoms with E-state index in [4.69, 9.17) is 0 Å². The topological polar surface area (TPSA) is 75.3 Å². The number of carbonyl (C=O) groups is 1. The van der Waals surface area contributed by atoms with Crippen LogP contribution in [-0.4, -0.2) is 20.9 Å². The molecule has 2 N–H and O–H groups in total. The van der Waals surface area contributed by atoms with Crippen molar-refractivity contribution in [2.24, 2.45) is 5.92 Å². The first-order valence-corrected chi connectivity index (χ1v) is 9.74. The van der Waals surface area contributed by atoms with Gasteiger partial charge in [-0.25, -0.2) is 13.1 Å². The number of carbonyl (C=O) groups excluding carboxylic acids is 1. The van der Waals surface area contributed by atoms with Gasteiger partial charge in [-0.3, -0.25) is 4.79 Å². The van der Waals surface area contributed by atoms with Crippen molar-refractivity contribution in [1.29, 1.82) is 0 Å². The fourth-order valence-corrected chi connectivity index (χ4v) is 3.43. The fourth-order valence-electron chi connectivity index (χ4n) is 2.29. The second-order valence-electron chi connectivity index (χ2n) is 6.38. The van der Waals surface area contributed by atoms with E-state index in [-0.39, 0.29) is 10.8 Å². The third-order valence-corrected chi connectivity index (χ3v) is 5.26. The van der Waals surface area contributed by atoms with Crippen LogP contribution in [0.3, 0.4) is 0 Å². The molecular formula is C19H24N2O3S. The van der Waals surface area contributed by atoms with Crippen molar-refractivity contribution in [3.63, 3.8) is 0 Å². The molecule has 0 heterocycles. The molecule has 0 radical (unpaired) electrons. The van der Waals surface area contributed by atoms with Gasteiger partial charge in [0.1, 0.15) is 0 Å². The van der Waals surface area contributed by atoms with Gasteiger partial charge in [0.15, 0.2) is 0 Å². The molecule has 0 bridgehead atoms. The van der Waals surface area contributed by atoms with E-state index in [1.54, 1.807) is 43.3 Å². The number of amides is 1. The Labute approximate surface area is 149 Å². The molecule has 2 aromatic rings. The Morgan fingerprint density at radius 1 is 1.08 bits per heavy atom. The van der Waals surface area contributed by atoms with Gasteiger partial charge in [-0.15, -0.1) is 0 Å². The summed E-state index contributed by atoms with van der Waals surface area (Å²) in [4.78, 5) is 12.4. The molecule has 0 saturated carbocycles. The van der Waals surface area contributed by atoms with Gasteiger partial charge in [-0.05, 0) is 55.2 Å². The van der Waals surface area contributed by atoms with Crippen LogP contribution in [0, 0.1) is 12.8 Å². The molecule has 0 atom stereocenters. The third kappa shape index (κ3) is 5.41. The SMILES string of the molecule is Cc1cc(S(=O)(=O)NCCC(C)C)ccc1NC(=O)c1ccccc1. The fraction of sp³-hybridized carbons (Fsp3) is 0.316. The number of sulfonamides is 1. The lowest BCUT2D eigenvalue weighted by atomic mass is 10.1. The first kappa shape index (κ1) is 19.1. The van der Waals surface area contributed by atoms with Gasteiger partial charge < -0.3 is 5.32 Å². The summed E-state index contributed by atoms with van der Waals surface area (Å²) in [6, 6.07) is 13.6. The van der Waals surface area contributed by atoms with Crippen LogP contribution in [0.15, 0.2) is 53.4 Å². The molecule has 2 rings (SSSR count). The zero-order valence-electron chi connectivity index (χ0n) is 14.7. The summed E-state index contributed by atoms with van der Waals surface area (Å²) in [7, 11) is -3.54. The minimum Gasteiger partial charge on any atom is -0.322 e. The van der Waals surface area contributed by atoms with Crippen molar-refractivity contribution in [2.45, 2.75) is 32.1 Å². The lowest BCUT2D eigenvalue weighted by Crippen LogP contribution is -2.25. The smallest absolute Gasteiger partial charge is 0.255 e. The summed E-state index contributed by atoms with van der Waals surface area (Å²) in [5, 5.41) is 2.81. The molecule has 0 saturated heterocycles. The average molecular weight is 360 g/mol. The molecule has 0 aliphatic rings. The Kier molecular flexibility index (Phi) is 6.33. The number of hydrogen-bond acceptors (Lipinski definition) is 3. The van der Waals surface area contributed by atoms with Gasteiger partial charge in [0.2, 0.25) is 10.0 Å². The summed E-state index contributed by atoms with van der Waals surface area (Å²) in [6.45, 7) is 6.27. The van der Waals surface area contributed by atoms with Crippen LogP contribution in [0.5, 0.6) is 0 Å². The predicted molar refractivity (Wildman–Crippen MR) is 100 cm³/mol. The summed E-state index contributed by atoms with van der Waals surface area (Å²) in [5.41, 5.74) is 1.83. The standard InChI is InChI=1S/C19H24N2O3S/c1-14(2)11-12-20-25(23,24)17-9-10-18(15(3)13-17)21-19(22)16-7-5-4-6-8-16/h4-10,13-14,20H,11-12H2,1-3H3,(H,21,22). The highest BCUT2D eigenvalue weighted by Gasteiger charge is 2.15. The largest absolute Gasteiger partial charge is 0.322 e. The lowest BCUT2D eigenvalue weighted by Gasteiger charge is -2.12. The maximum Gasteiger partial charge on any atom is 0.255 e. The van der Waals surface area contributed by atoms with Crippen molar-refractivity contribution in [2.75, 3.05) is 11.9 Å². The van der Waals surface area contributed by atoms with E-state index in [2.05, 4.69) is 10.0 Å². The summed E-state index contributed by atoms with van der Waals surface area (Å²) in [6.07, 6.45) is 0.781. The van der Waals surface area contributed by atoms with Crippen molar-refractivity contribution < 1.29 is 13.2 Å². The normalized spacial score (nSPS) is 11.5. The Bertz CT molecular complexity index is 831. The zero-order chi connectivity index (χ0) is 18.4. The maximum atomic E-state index is 12.3. The second kappa shape index (κ2) is 8.27. The van der Waals surface area contributed by atoms with E-state index < -0.39 is 10.0 Å². The van der Waals surface area contributed by atoms with Crippen LogP contribution in [0.2, 0.25) is 0 Å². The maximum absolute atomic E-state index is 12.3. The number of benzene rings is 2. The molecule has 0 aliphatic carbocycles. The van der Waals surface area contributed by atoms with Crippen molar-refractivity contribution in [3.05, 3.63) is 59.7 Å². The van der Waals surface area contributed by atoms with E-state index in [0.29, 0.717) is 29.3 Å². The Morgan fingerprint density at radius 2 is 1.76 bits per heavy atom. The number of hydrogen-bond donors (Lipinski definition) is 2. The van der Waals surface area contributed by atoms with E-state index in [0.717, 1.165) is 6.42 Å². The Balaban J connectivity index is 2.11. The first-order valence-electron chi connectivity index (χ1n) is 8.26. The van der Waals surface area contributed by atoms with E-state index in [1.165, 1.54) is 6.07 Å². The molecule has 1 amide bonds. The Morgan fingerprint density at radius 3 is 2.36 bits per heavy atom. The average Bonchev–Trinajstić information content (AvgIpc) is 2.56. The van der Waals surface area contributed by atoms with Crippen LogP contribution in [0.25, 0.3) is 0 Å². The summed E-state index contributed by atoms with van der Waals surface area (Å²) >= 11 is 0. The van der Waals surface area contributed by atoms with Crippen LogP contribution in [-0.2, 0) is 10.0 Å². The van der Waals surface area contributed by atoms with Gasteiger partial charge >= 0.3 is 0 Å². The monoisotopic (exact) mass is 360 g/mol. The van der Waals surface area contributed by atoms with Crippen LogP contribution >= 0.6 is 0 Å². The number of nitrogens with one attached hydrogen (secondary N) is 2. The highest BCUT2D eigenvalue weighted by molar-refractivity contribution is 7.89. The highest BCUT2D eigenvalue weighted by atomic mass is 32.2. The van der Waals surface area contributed by atoms with Crippen LogP contribution in [0.1, 0.15) is 36.2 Å². The number of anilines is 1. The van der Waals surface area contributed by atoms with Crippen LogP contribution < -0.4 is 10.0 Å². The molecular weight excluding hydrogens is 336 g/mol. The van der Waals surface area contributed by atoms with Crippen LogP contribution in [0.4, 0.5) is 5.69 Å². The molecule has 0 aliphatic heterocycles. The molecule has 6 heteroatoms. The van der Waals surface area contributed by atoms with Gasteiger partial charge in [-0.1, -0.05) is 32.0 Å². The molecule has 0 spiro atoms. The van der Waals surface area contributed by atoms with Crippen molar-refractivity contribution in [3.8, 4) is 0 Å². The van der Waals surface area contributed by atoms with E-state index in [1.807, 2.05) is 19.9 Å². The minimum atomic E-state index is -3.54. The van der Waals surface area contributed by atoms with Gasteiger partial charge in [0.05, 0.1) is 4.90 Å². The van der Waals surface area contributed by atoms with Crippen molar-refractivity contribution in [1.82, 2.24) is 4.72 Å². The molecule has 2 aromatic carbocycles. The minimum absolute atomic E-state index is 0.200. The second-order valence-corrected chi connectivity index (χ2v) is 8.14. The molecule has 25 heavy (non-hydrogen) atoms. The zero-order valence-corrected chi connectivity index (χ0v) is 15.6. The van der Waals surface area contributed by atoms with Crippen molar-refractivity contribution >= 4 is 21.6 Å². The summed E-state index contributed by atoms with van der Waals surface area (Å²) in [5.74, 6) is 0.203. The molecule has 0 aromatic heterocycles. The molecule has 0 fully saturated rings. The quantitative estimate of drug-likeness (QED) is 0.792. The Hall–Kier alpha value is -2.18. The number of aryl methyl sites for hydroxylation is 1. The molecule has 5 nitrogen and oxygen atoms in total. The van der Waals surface area contributed by atoms with Gasteiger partial charge in [-0.2, -0.15) is 0 Å². The highest BCUT2D eigenvalue weighted by Crippen LogP contribution is 2.20. The molecule has 0 unspecified atom stereocenters. The van der Waals surface area contributed by atoms with E-state index in [9.17, 15) is 13.2 Å². The first-order chi connectivity index (χ1) is 11.8. The van der Waals surface area contributed by atoms with Gasteiger partial charge in [0.25, 0.3) is 5.91 Å². The predicted octanol–water partition coefficient (Wildman–Crippen LogP) is 3.57. The van der Waals surface area contributed by atoms with E-state index >= 15 is 0 Å². The van der Waals surface area contributed by atoms with Gasteiger partial charge in [0, 0.05) is 17.8 Å². The molecule has 134 valence electrons. The number of rotatable bonds is 7. The lowest BCUT2D eigenvalue weighted by molar-refractivity contribution is 0.102.